The van der Waals surface area contributed by atoms with Crippen LogP contribution in [0, 0.1) is 0 Å². The molecular weight excluding hydrogens is 280 g/mol. The minimum absolute atomic E-state index is 0.0176. The minimum atomic E-state index is -0.0702. The Balaban J connectivity index is 1.59. The molecule has 22 heavy (non-hydrogen) atoms. The number of morpholine rings is 1. The van der Waals surface area contributed by atoms with Crippen molar-refractivity contribution in [1.82, 2.24) is 10.2 Å². The van der Waals surface area contributed by atoms with E-state index in [1.54, 1.807) is 0 Å². The summed E-state index contributed by atoms with van der Waals surface area (Å²) in [6.07, 6.45) is 0.885. The monoisotopic (exact) mass is 304 g/mol. The quantitative estimate of drug-likeness (QED) is 0.915. The van der Waals surface area contributed by atoms with Crippen molar-refractivity contribution >= 4 is 5.91 Å². The van der Waals surface area contributed by atoms with Crippen LogP contribution in [0.3, 0.4) is 0 Å². The summed E-state index contributed by atoms with van der Waals surface area (Å²) in [5.74, 6) is 0.890. The molecule has 0 aromatic heterocycles. The second-order valence-corrected chi connectivity index (χ2v) is 6.52. The number of ether oxygens (including phenoxy) is 2. The molecule has 0 bridgehead atoms. The Hall–Kier alpha value is -1.59. The minimum Gasteiger partial charge on any atom is -0.493 e. The zero-order valence-electron chi connectivity index (χ0n) is 13.4. The SMILES string of the molecule is CC(C)(CNC(=O)c1ccc2c(c1)CCO2)N1CCOCC1. The molecule has 0 unspecified atom stereocenters. The van der Waals surface area contributed by atoms with Crippen LogP contribution >= 0.6 is 0 Å². The number of hydrogen-bond acceptors (Lipinski definition) is 4. The van der Waals surface area contributed by atoms with Gasteiger partial charge in [0.05, 0.1) is 19.8 Å². The molecule has 5 nitrogen and oxygen atoms in total. The van der Waals surface area contributed by atoms with Crippen LogP contribution in [-0.4, -0.2) is 55.8 Å². The van der Waals surface area contributed by atoms with Crippen LogP contribution in [-0.2, 0) is 11.2 Å². The topological polar surface area (TPSA) is 50.8 Å². The first-order chi connectivity index (χ1) is 10.6. The fraction of sp³-hybridized carbons (Fsp3) is 0.588. The van der Waals surface area contributed by atoms with Crippen molar-refractivity contribution < 1.29 is 14.3 Å². The van der Waals surface area contributed by atoms with Gasteiger partial charge < -0.3 is 14.8 Å². The third-order valence-corrected chi connectivity index (χ3v) is 4.50. The van der Waals surface area contributed by atoms with Crippen LogP contribution in [0.5, 0.6) is 5.75 Å². The van der Waals surface area contributed by atoms with Gasteiger partial charge in [-0.05, 0) is 37.6 Å². The number of carbonyl (C=O) groups is 1. The molecule has 1 fully saturated rings. The lowest BCUT2D eigenvalue weighted by molar-refractivity contribution is -0.00923. The number of carbonyl (C=O) groups excluding carboxylic acids is 1. The molecule has 1 N–H and O–H groups in total. The summed E-state index contributed by atoms with van der Waals surface area (Å²) in [5, 5.41) is 3.07. The van der Waals surface area contributed by atoms with Gasteiger partial charge in [0.1, 0.15) is 5.75 Å². The van der Waals surface area contributed by atoms with Crippen molar-refractivity contribution in [2.24, 2.45) is 0 Å². The third kappa shape index (κ3) is 3.25. The van der Waals surface area contributed by atoms with Crippen molar-refractivity contribution in [3.05, 3.63) is 29.3 Å². The number of benzene rings is 1. The smallest absolute Gasteiger partial charge is 0.251 e. The first-order valence-electron chi connectivity index (χ1n) is 7.93. The molecule has 2 aliphatic heterocycles. The molecule has 1 aromatic carbocycles. The second-order valence-electron chi connectivity index (χ2n) is 6.52. The van der Waals surface area contributed by atoms with E-state index in [1.807, 2.05) is 18.2 Å². The standard InChI is InChI=1S/C17H24N2O3/c1-17(2,19-6-9-21-10-7-19)12-18-16(20)14-3-4-15-13(11-14)5-8-22-15/h3-4,11H,5-10,12H2,1-2H3,(H,18,20). The predicted molar refractivity (Wildman–Crippen MR) is 84.4 cm³/mol. The van der Waals surface area contributed by atoms with E-state index < -0.39 is 0 Å². The van der Waals surface area contributed by atoms with Crippen LogP contribution in [0.25, 0.3) is 0 Å². The Morgan fingerprint density at radius 1 is 1.27 bits per heavy atom. The van der Waals surface area contributed by atoms with Crippen LogP contribution < -0.4 is 10.1 Å². The summed E-state index contributed by atoms with van der Waals surface area (Å²) >= 11 is 0. The number of hydrogen-bond donors (Lipinski definition) is 1. The normalized spacial score (nSPS) is 18.6. The molecule has 0 aliphatic carbocycles. The number of rotatable bonds is 4. The summed E-state index contributed by atoms with van der Waals surface area (Å²) < 4.78 is 10.9. The Bertz CT molecular complexity index is 551. The van der Waals surface area contributed by atoms with E-state index in [1.165, 1.54) is 0 Å². The van der Waals surface area contributed by atoms with E-state index in [0.29, 0.717) is 18.7 Å². The molecule has 120 valence electrons. The van der Waals surface area contributed by atoms with E-state index in [0.717, 1.165) is 44.0 Å². The molecule has 0 radical (unpaired) electrons. The van der Waals surface area contributed by atoms with Crippen molar-refractivity contribution in [1.29, 1.82) is 0 Å². The van der Waals surface area contributed by atoms with Gasteiger partial charge in [-0.2, -0.15) is 0 Å². The first-order valence-corrected chi connectivity index (χ1v) is 7.93. The lowest BCUT2D eigenvalue weighted by Crippen LogP contribution is -2.55. The van der Waals surface area contributed by atoms with Crippen LogP contribution in [0.2, 0.25) is 0 Å². The van der Waals surface area contributed by atoms with Crippen molar-refractivity contribution in [2.45, 2.75) is 25.8 Å². The Morgan fingerprint density at radius 3 is 2.82 bits per heavy atom. The van der Waals surface area contributed by atoms with Crippen LogP contribution in [0.4, 0.5) is 0 Å². The molecule has 2 aliphatic rings. The average Bonchev–Trinajstić information content (AvgIpc) is 3.01. The second kappa shape index (κ2) is 6.26. The molecule has 1 amide bonds. The lowest BCUT2D eigenvalue weighted by atomic mass is 10.0. The largest absolute Gasteiger partial charge is 0.493 e. The van der Waals surface area contributed by atoms with E-state index in [-0.39, 0.29) is 11.4 Å². The van der Waals surface area contributed by atoms with Crippen LogP contribution in [0.15, 0.2) is 18.2 Å². The summed E-state index contributed by atoms with van der Waals surface area (Å²) in [6.45, 7) is 9.02. The summed E-state index contributed by atoms with van der Waals surface area (Å²) in [7, 11) is 0. The van der Waals surface area contributed by atoms with Crippen LogP contribution in [0.1, 0.15) is 29.8 Å². The van der Waals surface area contributed by atoms with E-state index in [4.69, 9.17) is 9.47 Å². The van der Waals surface area contributed by atoms with Crippen molar-refractivity contribution in [3.8, 4) is 5.75 Å². The van der Waals surface area contributed by atoms with Gasteiger partial charge in [-0.15, -0.1) is 0 Å². The van der Waals surface area contributed by atoms with Gasteiger partial charge in [0.15, 0.2) is 0 Å². The summed E-state index contributed by atoms with van der Waals surface area (Å²) in [4.78, 5) is 14.7. The Morgan fingerprint density at radius 2 is 2.05 bits per heavy atom. The van der Waals surface area contributed by atoms with Gasteiger partial charge in [0, 0.05) is 37.2 Å². The number of fused-ring (bicyclic) bond motifs is 1. The molecule has 0 spiro atoms. The maximum Gasteiger partial charge on any atom is 0.251 e. The fourth-order valence-corrected chi connectivity index (χ4v) is 3.01. The highest BCUT2D eigenvalue weighted by Gasteiger charge is 2.28. The number of nitrogens with zero attached hydrogens (tertiary/aromatic N) is 1. The third-order valence-electron chi connectivity index (χ3n) is 4.50. The zero-order chi connectivity index (χ0) is 15.6. The molecule has 3 rings (SSSR count). The first kappa shape index (κ1) is 15.3. The molecule has 1 aromatic rings. The number of nitrogens with one attached hydrogen (secondary N) is 1. The molecule has 0 saturated carbocycles. The van der Waals surface area contributed by atoms with Crippen molar-refractivity contribution in [3.63, 3.8) is 0 Å². The van der Waals surface area contributed by atoms with Gasteiger partial charge in [-0.3, -0.25) is 9.69 Å². The molecule has 5 heteroatoms. The highest BCUT2D eigenvalue weighted by atomic mass is 16.5. The average molecular weight is 304 g/mol. The molecule has 0 atom stereocenters. The molecule has 2 heterocycles. The van der Waals surface area contributed by atoms with Gasteiger partial charge in [-0.25, -0.2) is 0 Å². The maximum absolute atomic E-state index is 12.4. The van der Waals surface area contributed by atoms with Crippen molar-refractivity contribution in [2.75, 3.05) is 39.5 Å². The predicted octanol–water partition coefficient (Wildman–Crippen LogP) is 1.46. The zero-order valence-corrected chi connectivity index (χ0v) is 13.4. The van der Waals surface area contributed by atoms with E-state index >= 15 is 0 Å². The van der Waals surface area contributed by atoms with Gasteiger partial charge in [0.25, 0.3) is 5.91 Å². The summed E-state index contributed by atoms with van der Waals surface area (Å²) in [6, 6.07) is 5.67. The highest BCUT2D eigenvalue weighted by molar-refractivity contribution is 5.94. The maximum atomic E-state index is 12.4. The highest BCUT2D eigenvalue weighted by Crippen LogP contribution is 2.25. The fourth-order valence-electron chi connectivity index (χ4n) is 3.01. The van der Waals surface area contributed by atoms with Gasteiger partial charge in [-0.1, -0.05) is 0 Å². The Labute approximate surface area is 131 Å². The number of amides is 1. The van der Waals surface area contributed by atoms with Gasteiger partial charge in [0.2, 0.25) is 0 Å². The van der Waals surface area contributed by atoms with E-state index in [2.05, 4.69) is 24.1 Å². The molecule has 1 saturated heterocycles. The molecular formula is C17H24N2O3. The lowest BCUT2D eigenvalue weighted by Gasteiger charge is -2.40. The Kier molecular flexibility index (Phi) is 4.36. The summed E-state index contributed by atoms with van der Waals surface area (Å²) in [5.41, 5.74) is 1.77. The van der Waals surface area contributed by atoms with Gasteiger partial charge >= 0.3 is 0 Å². The van der Waals surface area contributed by atoms with E-state index in [9.17, 15) is 4.79 Å².